The topological polar surface area (TPSA) is 54.5 Å². The highest BCUT2D eigenvalue weighted by atomic mass is 32.2. The fraction of sp³-hybridized carbons (Fsp3) is 0.278. The summed E-state index contributed by atoms with van der Waals surface area (Å²) in [4.78, 5) is 12.4. The van der Waals surface area contributed by atoms with Crippen molar-refractivity contribution in [1.82, 2.24) is 4.31 Å². The molecule has 0 N–H and O–H groups in total. The van der Waals surface area contributed by atoms with Crippen LogP contribution in [0.3, 0.4) is 0 Å². The number of benzene rings is 2. The van der Waals surface area contributed by atoms with Crippen LogP contribution in [0.1, 0.15) is 24.0 Å². The lowest BCUT2D eigenvalue weighted by molar-refractivity contribution is -0.124. The zero-order valence-corrected chi connectivity index (χ0v) is 13.8. The van der Waals surface area contributed by atoms with Gasteiger partial charge >= 0.3 is 0 Å². The standard InChI is InChI=1S/C18H19NO3S/c1-14-7-10-17(11-8-14)23(21,22)19-16(9-12-18(19)20)13-15-5-3-2-4-6-15/h2-8,10-11,16H,9,12-13H2,1H3/t16-/m1/s1. The molecule has 120 valence electrons. The van der Waals surface area contributed by atoms with Crippen molar-refractivity contribution in [3.8, 4) is 0 Å². The first-order chi connectivity index (χ1) is 11.0. The van der Waals surface area contributed by atoms with Crippen molar-refractivity contribution in [3.05, 3.63) is 65.7 Å². The van der Waals surface area contributed by atoms with Gasteiger partial charge in [0.05, 0.1) is 10.9 Å². The number of aryl methyl sites for hydroxylation is 1. The van der Waals surface area contributed by atoms with Gasteiger partial charge in [0.1, 0.15) is 0 Å². The lowest BCUT2D eigenvalue weighted by Crippen LogP contribution is -2.39. The van der Waals surface area contributed by atoms with Crippen molar-refractivity contribution >= 4 is 15.9 Å². The maximum absolute atomic E-state index is 12.9. The van der Waals surface area contributed by atoms with Crippen LogP contribution in [0.2, 0.25) is 0 Å². The molecule has 1 aliphatic rings. The van der Waals surface area contributed by atoms with Gasteiger partial charge in [-0.3, -0.25) is 4.79 Å². The molecule has 1 fully saturated rings. The van der Waals surface area contributed by atoms with E-state index in [1.807, 2.05) is 37.3 Å². The summed E-state index contributed by atoms with van der Waals surface area (Å²) in [6.07, 6.45) is 1.40. The van der Waals surface area contributed by atoms with Gasteiger partial charge in [-0.05, 0) is 37.5 Å². The van der Waals surface area contributed by atoms with Gasteiger partial charge in [0.15, 0.2) is 0 Å². The molecule has 4 nitrogen and oxygen atoms in total. The summed E-state index contributed by atoms with van der Waals surface area (Å²) in [6, 6.07) is 16.0. The molecule has 0 bridgehead atoms. The predicted molar refractivity (Wildman–Crippen MR) is 88.4 cm³/mol. The van der Waals surface area contributed by atoms with E-state index in [0.29, 0.717) is 12.8 Å². The molecule has 3 rings (SSSR count). The number of carbonyl (C=O) groups excluding carboxylic acids is 1. The molecule has 5 heteroatoms. The van der Waals surface area contributed by atoms with Gasteiger partial charge in [-0.15, -0.1) is 0 Å². The van der Waals surface area contributed by atoms with E-state index < -0.39 is 10.0 Å². The molecule has 0 saturated carbocycles. The van der Waals surface area contributed by atoms with Gasteiger partial charge < -0.3 is 0 Å². The van der Waals surface area contributed by atoms with Crippen molar-refractivity contribution in [3.63, 3.8) is 0 Å². The van der Waals surface area contributed by atoms with E-state index in [4.69, 9.17) is 0 Å². The normalized spacial score (nSPS) is 18.4. The zero-order chi connectivity index (χ0) is 16.4. The lowest BCUT2D eigenvalue weighted by Gasteiger charge is -2.24. The molecule has 23 heavy (non-hydrogen) atoms. The first-order valence-electron chi connectivity index (χ1n) is 7.66. The average molecular weight is 329 g/mol. The highest BCUT2D eigenvalue weighted by Gasteiger charge is 2.40. The van der Waals surface area contributed by atoms with Crippen molar-refractivity contribution in [2.24, 2.45) is 0 Å². The van der Waals surface area contributed by atoms with Crippen LogP contribution in [-0.4, -0.2) is 24.7 Å². The molecule has 1 amide bonds. The second kappa shape index (κ2) is 6.16. The minimum atomic E-state index is -3.79. The Morgan fingerprint density at radius 3 is 2.35 bits per heavy atom. The number of rotatable bonds is 4. The molecule has 1 aliphatic heterocycles. The molecular formula is C18H19NO3S. The van der Waals surface area contributed by atoms with E-state index in [9.17, 15) is 13.2 Å². The van der Waals surface area contributed by atoms with Crippen LogP contribution in [0.4, 0.5) is 0 Å². The third kappa shape index (κ3) is 3.15. The summed E-state index contributed by atoms with van der Waals surface area (Å²) >= 11 is 0. The van der Waals surface area contributed by atoms with Gasteiger partial charge in [-0.25, -0.2) is 12.7 Å². The van der Waals surface area contributed by atoms with E-state index in [-0.39, 0.29) is 23.3 Å². The van der Waals surface area contributed by atoms with E-state index >= 15 is 0 Å². The predicted octanol–water partition coefficient (Wildman–Crippen LogP) is 2.92. The minimum Gasteiger partial charge on any atom is -0.274 e. The highest BCUT2D eigenvalue weighted by Crippen LogP contribution is 2.29. The number of hydrogen-bond donors (Lipinski definition) is 0. The number of hydrogen-bond acceptors (Lipinski definition) is 3. The Labute approximate surface area is 136 Å². The van der Waals surface area contributed by atoms with Gasteiger partial charge in [-0.1, -0.05) is 48.0 Å². The Morgan fingerprint density at radius 1 is 1.04 bits per heavy atom. The van der Waals surface area contributed by atoms with Gasteiger partial charge in [0.2, 0.25) is 5.91 Å². The van der Waals surface area contributed by atoms with Crippen molar-refractivity contribution in [1.29, 1.82) is 0 Å². The average Bonchev–Trinajstić information content (AvgIpc) is 2.90. The number of amides is 1. The lowest BCUT2D eigenvalue weighted by atomic mass is 10.1. The summed E-state index contributed by atoms with van der Waals surface area (Å²) in [6.45, 7) is 1.90. The monoisotopic (exact) mass is 329 g/mol. The first kappa shape index (κ1) is 15.7. The fourth-order valence-corrected chi connectivity index (χ4v) is 4.59. The Balaban J connectivity index is 1.91. The van der Waals surface area contributed by atoms with Crippen LogP contribution in [0.5, 0.6) is 0 Å². The summed E-state index contributed by atoms with van der Waals surface area (Å²) in [5.41, 5.74) is 2.02. The van der Waals surface area contributed by atoms with Crippen LogP contribution in [-0.2, 0) is 21.2 Å². The van der Waals surface area contributed by atoms with Crippen molar-refractivity contribution < 1.29 is 13.2 Å². The SMILES string of the molecule is Cc1ccc(S(=O)(=O)N2C(=O)CC[C@@H]2Cc2ccccc2)cc1. The number of carbonyl (C=O) groups is 1. The molecule has 1 heterocycles. The molecule has 1 atom stereocenters. The Morgan fingerprint density at radius 2 is 1.70 bits per heavy atom. The van der Waals surface area contributed by atoms with E-state index in [2.05, 4.69) is 0 Å². The van der Waals surface area contributed by atoms with Crippen LogP contribution < -0.4 is 0 Å². The molecule has 0 unspecified atom stereocenters. The molecule has 2 aromatic rings. The summed E-state index contributed by atoms with van der Waals surface area (Å²) in [5, 5.41) is 0. The third-order valence-corrected chi connectivity index (χ3v) is 6.05. The van der Waals surface area contributed by atoms with Crippen molar-refractivity contribution in [2.45, 2.75) is 37.1 Å². The summed E-state index contributed by atoms with van der Waals surface area (Å²) in [7, 11) is -3.79. The largest absolute Gasteiger partial charge is 0.274 e. The van der Waals surface area contributed by atoms with E-state index in [0.717, 1.165) is 15.4 Å². The third-order valence-electron chi connectivity index (χ3n) is 4.16. The second-order valence-corrected chi connectivity index (χ2v) is 7.70. The molecule has 0 aliphatic carbocycles. The fourth-order valence-electron chi connectivity index (χ4n) is 2.95. The van der Waals surface area contributed by atoms with Crippen LogP contribution in [0, 0.1) is 6.92 Å². The Kier molecular flexibility index (Phi) is 4.22. The van der Waals surface area contributed by atoms with Crippen LogP contribution >= 0.6 is 0 Å². The maximum atomic E-state index is 12.9. The van der Waals surface area contributed by atoms with Gasteiger partial charge in [-0.2, -0.15) is 0 Å². The maximum Gasteiger partial charge on any atom is 0.266 e. The molecule has 1 saturated heterocycles. The van der Waals surface area contributed by atoms with E-state index in [1.165, 1.54) is 0 Å². The molecule has 2 aromatic carbocycles. The van der Waals surface area contributed by atoms with E-state index in [1.54, 1.807) is 24.3 Å². The number of nitrogens with zero attached hydrogens (tertiary/aromatic N) is 1. The zero-order valence-electron chi connectivity index (χ0n) is 13.0. The quantitative estimate of drug-likeness (QED) is 0.866. The highest BCUT2D eigenvalue weighted by molar-refractivity contribution is 7.89. The summed E-state index contributed by atoms with van der Waals surface area (Å²) in [5.74, 6) is -0.313. The molecular weight excluding hydrogens is 310 g/mol. The minimum absolute atomic E-state index is 0.177. The molecule has 0 radical (unpaired) electrons. The first-order valence-corrected chi connectivity index (χ1v) is 9.10. The molecule has 0 aromatic heterocycles. The Hall–Kier alpha value is -2.14. The van der Waals surface area contributed by atoms with Crippen LogP contribution in [0.15, 0.2) is 59.5 Å². The number of sulfonamides is 1. The smallest absolute Gasteiger partial charge is 0.266 e. The second-order valence-electron chi connectivity index (χ2n) is 5.89. The van der Waals surface area contributed by atoms with Gasteiger partial charge in [0.25, 0.3) is 10.0 Å². The molecule has 0 spiro atoms. The van der Waals surface area contributed by atoms with Crippen LogP contribution in [0.25, 0.3) is 0 Å². The summed E-state index contributed by atoms with van der Waals surface area (Å²) < 4.78 is 26.8. The van der Waals surface area contributed by atoms with Crippen molar-refractivity contribution in [2.75, 3.05) is 0 Å². The van der Waals surface area contributed by atoms with Gasteiger partial charge in [0, 0.05) is 6.42 Å². The Bertz CT molecular complexity index is 798.